The van der Waals surface area contributed by atoms with Crippen LogP contribution in [0.3, 0.4) is 0 Å². The number of rotatable bonds is 14. The Morgan fingerprint density at radius 1 is 0.783 bits per heavy atom. The molecular formula is C10H25O9PSSi2. The normalized spacial score (nSPS) is 13.1. The van der Waals surface area contributed by atoms with Gasteiger partial charge in [0.25, 0.3) is 0 Å². The molecular weight excluding hydrogens is 383 g/mol. The minimum atomic E-state index is -3.19. The summed E-state index contributed by atoms with van der Waals surface area (Å²) in [6, 6.07) is 0. The first-order chi connectivity index (χ1) is 10.8. The second kappa shape index (κ2) is 11.0. The fourth-order valence-corrected chi connectivity index (χ4v) is 7.11. The van der Waals surface area contributed by atoms with E-state index in [1.54, 1.807) is 0 Å². The lowest BCUT2D eigenvalue weighted by Gasteiger charge is -2.29. The molecule has 13 heteroatoms. The summed E-state index contributed by atoms with van der Waals surface area (Å²) in [7, 11) is 2.76. The molecule has 0 N–H and O–H groups in total. The summed E-state index contributed by atoms with van der Waals surface area (Å²) in [5.74, 6) is 0. The Morgan fingerprint density at radius 2 is 1.09 bits per heavy atom. The van der Waals surface area contributed by atoms with Crippen LogP contribution in [-0.4, -0.2) is 72.7 Å². The highest BCUT2D eigenvalue weighted by atomic mass is 32.5. The van der Waals surface area contributed by atoms with E-state index in [0.717, 1.165) is 6.26 Å². The summed E-state index contributed by atoms with van der Waals surface area (Å²) >= 11 is 5.31. The predicted octanol–water partition coefficient (Wildman–Crippen LogP) is 1.24. The van der Waals surface area contributed by atoms with Crippen molar-refractivity contribution in [2.75, 3.05) is 55.1 Å². The van der Waals surface area contributed by atoms with Crippen LogP contribution in [0.4, 0.5) is 0 Å². The molecule has 0 radical (unpaired) electrons. The highest BCUT2D eigenvalue weighted by Crippen LogP contribution is 2.51. The third-order valence-electron chi connectivity index (χ3n) is 2.87. The maximum atomic E-state index is 5.59. The summed E-state index contributed by atoms with van der Waals surface area (Å²) in [5.41, 5.74) is 0. The molecule has 0 aliphatic rings. The van der Waals surface area contributed by atoms with Gasteiger partial charge >= 0.3 is 24.3 Å². The van der Waals surface area contributed by atoms with Gasteiger partial charge in [-0.15, -0.1) is 0 Å². The Balaban J connectivity index is 4.99. The monoisotopic (exact) mass is 408 g/mol. The van der Waals surface area contributed by atoms with E-state index in [0.29, 0.717) is 0 Å². The van der Waals surface area contributed by atoms with Gasteiger partial charge in [-0.25, -0.2) is 0 Å². The first-order valence-electron chi connectivity index (χ1n) is 6.33. The summed E-state index contributed by atoms with van der Waals surface area (Å²) < 4.78 is 48.0. The van der Waals surface area contributed by atoms with Crippen LogP contribution in [0.5, 0.6) is 0 Å². The van der Waals surface area contributed by atoms with Crippen molar-refractivity contribution in [1.29, 1.82) is 0 Å². The molecule has 0 aromatic heterocycles. The molecule has 0 bridgehead atoms. The van der Waals surface area contributed by atoms with Gasteiger partial charge in [0.2, 0.25) is 0 Å². The second-order valence-corrected chi connectivity index (χ2v) is 12.6. The molecule has 0 saturated heterocycles. The minimum absolute atomic E-state index is 0.0525. The molecule has 0 amide bonds. The van der Waals surface area contributed by atoms with Crippen molar-refractivity contribution in [2.24, 2.45) is 0 Å². The van der Waals surface area contributed by atoms with Gasteiger partial charge in [0.15, 0.2) is 0 Å². The van der Waals surface area contributed by atoms with Crippen LogP contribution in [0.1, 0.15) is 0 Å². The molecule has 23 heavy (non-hydrogen) atoms. The van der Waals surface area contributed by atoms with Crippen LogP contribution in [0.2, 0.25) is 0 Å². The van der Waals surface area contributed by atoms with E-state index in [1.165, 1.54) is 42.7 Å². The molecule has 0 aromatic carbocycles. The van der Waals surface area contributed by atoms with Gasteiger partial charge in [0.1, 0.15) is 12.5 Å². The van der Waals surface area contributed by atoms with Crippen LogP contribution in [-0.2, 0) is 51.9 Å². The van der Waals surface area contributed by atoms with Crippen molar-refractivity contribution >= 4 is 36.1 Å². The third-order valence-corrected chi connectivity index (χ3v) is 10.3. The van der Waals surface area contributed by atoms with Crippen molar-refractivity contribution in [3.05, 3.63) is 12.8 Å². The maximum absolute atomic E-state index is 5.59. The van der Waals surface area contributed by atoms with E-state index in [4.69, 9.17) is 51.9 Å². The Bertz CT molecular complexity index is 348. The predicted molar refractivity (Wildman–Crippen MR) is 91.0 cm³/mol. The van der Waals surface area contributed by atoms with Gasteiger partial charge in [-0.3, -0.25) is 9.05 Å². The molecule has 0 spiro atoms. The van der Waals surface area contributed by atoms with E-state index in [-0.39, 0.29) is 12.5 Å². The van der Waals surface area contributed by atoms with Gasteiger partial charge in [-0.2, -0.15) is 0 Å². The second-order valence-electron chi connectivity index (χ2n) is 3.86. The molecule has 9 nitrogen and oxygen atoms in total. The summed E-state index contributed by atoms with van der Waals surface area (Å²) in [6.45, 7) is 0.283. The molecule has 0 fully saturated rings. The zero-order valence-electron chi connectivity index (χ0n) is 14.2. The van der Waals surface area contributed by atoms with Crippen LogP contribution in [0.25, 0.3) is 0 Å². The van der Waals surface area contributed by atoms with Gasteiger partial charge in [-0.05, 0) is 0 Å². The lowest BCUT2D eigenvalue weighted by molar-refractivity contribution is 0.0809. The van der Waals surface area contributed by atoms with Gasteiger partial charge < -0.3 is 31.1 Å². The highest BCUT2D eigenvalue weighted by molar-refractivity contribution is 8.07. The average molecular weight is 409 g/mol. The standard InChI is InChI=1S/C10H25O9PSSi2/c1-8-17-20(21,18-9-22(11-2,12-3)13-4)19-10-23(14-5,15-6)16-7/h8H,1,9-10H2,2-7H3. The van der Waals surface area contributed by atoms with Crippen LogP contribution < -0.4 is 0 Å². The Labute approximate surface area is 144 Å². The zero-order chi connectivity index (χ0) is 18.0. The largest absolute Gasteiger partial charge is 0.527 e. The van der Waals surface area contributed by atoms with Crippen molar-refractivity contribution in [1.82, 2.24) is 0 Å². The lowest BCUT2D eigenvalue weighted by Crippen LogP contribution is -2.49. The van der Waals surface area contributed by atoms with E-state index < -0.39 is 24.3 Å². The average Bonchev–Trinajstić information content (AvgIpc) is 2.59. The van der Waals surface area contributed by atoms with E-state index in [2.05, 4.69) is 6.58 Å². The van der Waals surface area contributed by atoms with Gasteiger partial charge in [-0.1, -0.05) is 6.58 Å². The Morgan fingerprint density at radius 3 is 1.30 bits per heavy atom. The number of hydrogen-bond donors (Lipinski definition) is 0. The van der Waals surface area contributed by atoms with Crippen LogP contribution >= 0.6 is 6.72 Å². The topological polar surface area (TPSA) is 83.1 Å². The van der Waals surface area contributed by atoms with Gasteiger partial charge in [0.05, 0.1) is 6.26 Å². The van der Waals surface area contributed by atoms with E-state index in [9.17, 15) is 0 Å². The van der Waals surface area contributed by atoms with Crippen LogP contribution in [0, 0.1) is 0 Å². The quantitative estimate of drug-likeness (QED) is 0.238. The molecule has 0 unspecified atom stereocenters. The van der Waals surface area contributed by atoms with Crippen molar-refractivity contribution in [3.63, 3.8) is 0 Å². The van der Waals surface area contributed by atoms with Crippen LogP contribution in [0.15, 0.2) is 12.8 Å². The highest BCUT2D eigenvalue weighted by Gasteiger charge is 2.44. The maximum Gasteiger partial charge on any atom is 0.527 e. The first kappa shape index (κ1) is 23.3. The molecule has 138 valence electrons. The molecule has 0 rings (SSSR count). The minimum Gasteiger partial charge on any atom is -0.433 e. The molecule has 0 heterocycles. The fourth-order valence-electron chi connectivity index (χ4n) is 1.36. The summed E-state index contributed by atoms with van der Waals surface area (Å²) in [5, 5.41) is 0. The van der Waals surface area contributed by atoms with E-state index >= 15 is 0 Å². The van der Waals surface area contributed by atoms with Crippen molar-refractivity contribution in [3.8, 4) is 0 Å². The third kappa shape index (κ3) is 6.98. The summed E-state index contributed by atoms with van der Waals surface area (Å²) in [6.07, 6.45) is 1.04. The Hall–Kier alpha value is 0.304. The summed E-state index contributed by atoms with van der Waals surface area (Å²) in [4.78, 5) is 0. The molecule has 0 aromatic rings. The van der Waals surface area contributed by atoms with E-state index in [1.807, 2.05) is 0 Å². The molecule has 0 saturated carbocycles. The van der Waals surface area contributed by atoms with Gasteiger partial charge in [0, 0.05) is 54.5 Å². The van der Waals surface area contributed by atoms with Crippen molar-refractivity contribution in [2.45, 2.75) is 0 Å². The van der Waals surface area contributed by atoms with Crippen molar-refractivity contribution < 1.29 is 40.1 Å². The zero-order valence-corrected chi connectivity index (χ0v) is 17.9. The molecule has 0 aliphatic carbocycles. The SMILES string of the molecule is C=COP(=S)(OC[Si](OC)(OC)OC)OC[Si](OC)(OC)OC. The Kier molecular flexibility index (Phi) is 11.2. The lowest BCUT2D eigenvalue weighted by atomic mass is 11.2. The smallest absolute Gasteiger partial charge is 0.433 e. The first-order valence-corrected chi connectivity index (χ1v) is 12.8. The number of hydrogen-bond acceptors (Lipinski definition) is 10. The fraction of sp³-hybridized carbons (Fsp3) is 0.800. The molecule has 0 atom stereocenters. The molecule has 0 aliphatic heterocycles.